The van der Waals surface area contributed by atoms with Crippen molar-refractivity contribution in [1.82, 2.24) is 0 Å². The molecule has 0 spiro atoms. The highest BCUT2D eigenvalue weighted by Crippen LogP contribution is 2.27. The van der Waals surface area contributed by atoms with Crippen LogP contribution in [0.1, 0.15) is 0 Å². The minimum Gasteiger partial charge on any atom is -0.497 e. The predicted octanol–water partition coefficient (Wildman–Crippen LogP) is 4.95. The zero-order valence-electron chi connectivity index (χ0n) is 15.9. The van der Waals surface area contributed by atoms with Gasteiger partial charge in [-0.1, -0.05) is 33.6 Å². The highest BCUT2D eigenvalue weighted by atomic mass is 79.9. The van der Waals surface area contributed by atoms with Gasteiger partial charge in [0, 0.05) is 15.2 Å². The van der Waals surface area contributed by atoms with Crippen LogP contribution in [0.2, 0.25) is 5.02 Å². The summed E-state index contributed by atoms with van der Waals surface area (Å²) in [4.78, 5) is 12.7. The third-order valence-electron chi connectivity index (χ3n) is 4.16. The molecule has 0 bridgehead atoms. The zero-order valence-corrected chi connectivity index (χ0v) is 19.0. The fourth-order valence-corrected chi connectivity index (χ4v) is 4.55. The number of amides is 1. The van der Waals surface area contributed by atoms with Gasteiger partial charge in [-0.25, -0.2) is 8.42 Å². The second kappa shape index (κ2) is 9.51. The zero-order chi connectivity index (χ0) is 21.7. The number of sulfonamides is 1. The number of hydrogen-bond donors (Lipinski definition) is 1. The number of halogens is 2. The molecule has 3 aromatic carbocycles. The highest BCUT2D eigenvalue weighted by Gasteiger charge is 2.27. The number of benzene rings is 3. The topological polar surface area (TPSA) is 75.7 Å². The van der Waals surface area contributed by atoms with E-state index >= 15 is 0 Å². The van der Waals surface area contributed by atoms with Crippen LogP contribution in [0.5, 0.6) is 5.75 Å². The number of carbonyl (C=O) groups excluding carboxylic acids is 1. The van der Waals surface area contributed by atoms with Crippen molar-refractivity contribution in [3.05, 3.63) is 82.3 Å². The smallest absolute Gasteiger partial charge is 0.264 e. The molecule has 3 rings (SSSR count). The molecular weight excluding hydrogens is 492 g/mol. The standard InChI is InChI=1S/C21H18BrClN2O4S/c1-29-19-9-11-20(12-10-19)30(27,28)25(18-4-2-3-16(23)13-18)14-21(26)24-17-7-5-15(22)6-8-17/h2-13H,14H2,1H3,(H,24,26). The van der Waals surface area contributed by atoms with Gasteiger partial charge in [0.1, 0.15) is 12.3 Å². The molecule has 0 aliphatic heterocycles. The molecule has 0 unspecified atom stereocenters. The van der Waals surface area contributed by atoms with Gasteiger partial charge in [-0.3, -0.25) is 9.10 Å². The van der Waals surface area contributed by atoms with Crippen molar-refractivity contribution in [3.8, 4) is 5.75 Å². The lowest BCUT2D eigenvalue weighted by molar-refractivity contribution is -0.114. The van der Waals surface area contributed by atoms with E-state index in [9.17, 15) is 13.2 Å². The van der Waals surface area contributed by atoms with Crippen molar-refractivity contribution in [2.24, 2.45) is 0 Å². The van der Waals surface area contributed by atoms with Gasteiger partial charge < -0.3 is 10.1 Å². The van der Waals surface area contributed by atoms with Crippen molar-refractivity contribution in [2.45, 2.75) is 4.90 Å². The molecular formula is C21H18BrClN2O4S. The Balaban J connectivity index is 1.93. The molecule has 6 nitrogen and oxygen atoms in total. The molecule has 0 aromatic heterocycles. The Labute approximate surface area is 188 Å². The normalized spacial score (nSPS) is 11.0. The molecule has 0 heterocycles. The minimum absolute atomic E-state index is 0.0275. The van der Waals surface area contributed by atoms with Crippen LogP contribution in [-0.2, 0) is 14.8 Å². The van der Waals surface area contributed by atoms with E-state index in [2.05, 4.69) is 21.2 Å². The van der Waals surface area contributed by atoms with Crippen LogP contribution >= 0.6 is 27.5 Å². The number of ether oxygens (including phenoxy) is 1. The second-order valence-corrected chi connectivity index (χ2v) is 9.44. The summed E-state index contributed by atoms with van der Waals surface area (Å²) in [5.74, 6) is 0.0330. The first-order valence-electron chi connectivity index (χ1n) is 8.77. The monoisotopic (exact) mass is 508 g/mol. The molecule has 0 saturated heterocycles. The van der Waals surface area contributed by atoms with Crippen LogP contribution in [0, 0.1) is 0 Å². The van der Waals surface area contributed by atoms with Crippen LogP contribution in [0.25, 0.3) is 0 Å². The molecule has 0 atom stereocenters. The van der Waals surface area contributed by atoms with Crippen molar-refractivity contribution in [3.63, 3.8) is 0 Å². The van der Waals surface area contributed by atoms with Gasteiger partial charge in [0.15, 0.2) is 0 Å². The van der Waals surface area contributed by atoms with Crippen molar-refractivity contribution < 1.29 is 17.9 Å². The average Bonchev–Trinajstić information content (AvgIpc) is 2.73. The number of nitrogens with one attached hydrogen (secondary N) is 1. The van der Waals surface area contributed by atoms with E-state index < -0.39 is 22.5 Å². The Morgan fingerprint density at radius 1 is 1.07 bits per heavy atom. The third-order valence-corrected chi connectivity index (χ3v) is 6.71. The highest BCUT2D eigenvalue weighted by molar-refractivity contribution is 9.10. The first-order valence-corrected chi connectivity index (χ1v) is 11.4. The van der Waals surface area contributed by atoms with Gasteiger partial charge in [-0.15, -0.1) is 0 Å². The van der Waals surface area contributed by atoms with E-state index in [0.29, 0.717) is 16.5 Å². The van der Waals surface area contributed by atoms with E-state index in [1.54, 1.807) is 54.6 Å². The van der Waals surface area contributed by atoms with Crippen molar-refractivity contribution >= 4 is 54.8 Å². The Bertz CT molecular complexity index is 1140. The SMILES string of the molecule is COc1ccc(S(=O)(=O)N(CC(=O)Nc2ccc(Br)cc2)c2cccc(Cl)c2)cc1. The summed E-state index contributed by atoms with van der Waals surface area (Å²) in [5, 5.41) is 3.06. The summed E-state index contributed by atoms with van der Waals surface area (Å²) in [6.07, 6.45) is 0. The number of carbonyl (C=O) groups is 1. The Hall–Kier alpha value is -2.55. The predicted molar refractivity (Wildman–Crippen MR) is 122 cm³/mol. The van der Waals surface area contributed by atoms with Crippen LogP contribution < -0.4 is 14.4 Å². The largest absolute Gasteiger partial charge is 0.497 e. The van der Waals surface area contributed by atoms with Crippen LogP contribution in [-0.4, -0.2) is 28.0 Å². The lowest BCUT2D eigenvalue weighted by atomic mass is 10.3. The maximum absolute atomic E-state index is 13.3. The first-order chi connectivity index (χ1) is 14.3. The maximum atomic E-state index is 13.3. The molecule has 0 fully saturated rings. The number of rotatable bonds is 7. The molecule has 0 aliphatic rings. The Morgan fingerprint density at radius 2 is 1.73 bits per heavy atom. The summed E-state index contributed by atoms with van der Waals surface area (Å²) >= 11 is 9.39. The number of nitrogens with zero attached hydrogens (tertiary/aromatic N) is 1. The van der Waals surface area contributed by atoms with Crippen molar-refractivity contribution in [2.75, 3.05) is 23.3 Å². The summed E-state index contributed by atoms with van der Waals surface area (Å²) in [7, 11) is -2.54. The quantitative estimate of drug-likeness (QED) is 0.489. The van der Waals surface area contributed by atoms with E-state index in [1.165, 1.54) is 25.3 Å². The molecule has 1 amide bonds. The third kappa shape index (κ3) is 5.33. The Morgan fingerprint density at radius 3 is 2.33 bits per heavy atom. The lowest BCUT2D eigenvalue weighted by Crippen LogP contribution is -2.38. The summed E-state index contributed by atoms with van der Waals surface area (Å²) in [6, 6.07) is 19.3. The minimum atomic E-state index is -4.04. The lowest BCUT2D eigenvalue weighted by Gasteiger charge is -2.24. The van der Waals surface area contributed by atoms with Gasteiger partial charge in [0.05, 0.1) is 17.7 Å². The van der Waals surface area contributed by atoms with Crippen LogP contribution in [0.3, 0.4) is 0 Å². The van der Waals surface area contributed by atoms with Crippen molar-refractivity contribution in [1.29, 1.82) is 0 Å². The van der Waals surface area contributed by atoms with Gasteiger partial charge in [-0.2, -0.15) is 0 Å². The van der Waals surface area contributed by atoms with Gasteiger partial charge in [0.25, 0.3) is 10.0 Å². The fourth-order valence-electron chi connectivity index (χ4n) is 2.69. The fraction of sp³-hybridized carbons (Fsp3) is 0.0952. The molecule has 30 heavy (non-hydrogen) atoms. The summed E-state index contributed by atoms with van der Waals surface area (Å²) < 4.78 is 33.6. The molecule has 9 heteroatoms. The molecule has 0 saturated carbocycles. The molecule has 3 aromatic rings. The van der Waals surface area contributed by atoms with E-state index in [1.807, 2.05) is 0 Å². The van der Waals surface area contributed by atoms with Gasteiger partial charge in [-0.05, 0) is 66.7 Å². The van der Waals surface area contributed by atoms with Crippen LogP contribution in [0.15, 0.2) is 82.2 Å². The van der Waals surface area contributed by atoms with E-state index in [0.717, 1.165) is 8.78 Å². The molecule has 156 valence electrons. The first kappa shape index (κ1) is 22.1. The van der Waals surface area contributed by atoms with Gasteiger partial charge >= 0.3 is 0 Å². The Kier molecular flexibility index (Phi) is 7.02. The number of hydrogen-bond acceptors (Lipinski definition) is 4. The second-order valence-electron chi connectivity index (χ2n) is 6.22. The maximum Gasteiger partial charge on any atom is 0.264 e. The van der Waals surface area contributed by atoms with Gasteiger partial charge in [0.2, 0.25) is 5.91 Å². The van der Waals surface area contributed by atoms with E-state index in [4.69, 9.17) is 16.3 Å². The van der Waals surface area contributed by atoms with Crippen LogP contribution in [0.4, 0.5) is 11.4 Å². The summed E-state index contributed by atoms with van der Waals surface area (Å²) in [5.41, 5.74) is 0.834. The molecule has 1 N–H and O–H groups in total. The molecule has 0 aliphatic carbocycles. The van der Waals surface area contributed by atoms with E-state index in [-0.39, 0.29) is 10.6 Å². The molecule has 0 radical (unpaired) electrons. The number of anilines is 2. The average molecular weight is 510 g/mol. The number of methoxy groups -OCH3 is 1. The summed E-state index contributed by atoms with van der Waals surface area (Å²) in [6.45, 7) is -0.426.